The average Bonchev–Trinajstić information content (AvgIpc) is 3.05. The van der Waals surface area contributed by atoms with E-state index >= 15 is 0 Å². The first-order valence-electron chi connectivity index (χ1n) is 5.51. The van der Waals surface area contributed by atoms with Crippen molar-refractivity contribution in [3.8, 4) is 11.5 Å². The highest BCUT2D eigenvalue weighted by atomic mass is 19.3. The van der Waals surface area contributed by atoms with Crippen LogP contribution in [0.3, 0.4) is 0 Å². The molecule has 0 atom stereocenters. The number of halogens is 2. The van der Waals surface area contributed by atoms with E-state index in [-0.39, 0.29) is 29.5 Å². The van der Waals surface area contributed by atoms with Gasteiger partial charge >= 0.3 is 6.29 Å². The molecule has 1 aromatic carbocycles. The van der Waals surface area contributed by atoms with Crippen LogP contribution in [0, 0.1) is 5.41 Å². The fraction of sp³-hybridized carbons (Fsp3) is 0.417. The molecule has 1 aromatic rings. The van der Waals surface area contributed by atoms with Gasteiger partial charge in [-0.05, 0) is 31.0 Å². The van der Waals surface area contributed by atoms with Gasteiger partial charge in [-0.2, -0.15) is 0 Å². The topological polar surface area (TPSA) is 55.8 Å². The van der Waals surface area contributed by atoms with Crippen molar-refractivity contribution in [2.45, 2.75) is 19.1 Å². The van der Waals surface area contributed by atoms with Crippen molar-refractivity contribution in [2.75, 3.05) is 6.61 Å². The minimum Gasteiger partial charge on any atom is -0.395 e. The minimum absolute atomic E-state index is 0.0922. The Morgan fingerprint density at radius 3 is 2.56 bits per heavy atom. The van der Waals surface area contributed by atoms with Gasteiger partial charge < -0.3 is 14.6 Å². The Bertz CT molecular complexity index is 523. The molecule has 2 aliphatic rings. The molecule has 1 aliphatic carbocycles. The standard InChI is InChI=1S/C12H10F2O4/c13-12(14)17-8-2-1-7(5-9(8)18-12)10(16)11(6-15)3-4-11/h1-2,5,15H,3-4,6H2. The highest BCUT2D eigenvalue weighted by Gasteiger charge is 2.50. The van der Waals surface area contributed by atoms with Crippen LogP contribution in [-0.4, -0.2) is 23.8 Å². The van der Waals surface area contributed by atoms with Crippen LogP contribution in [0.4, 0.5) is 8.78 Å². The zero-order valence-corrected chi connectivity index (χ0v) is 9.28. The smallest absolute Gasteiger partial charge is 0.395 e. The van der Waals surface area contributed by atoms with Gasteiger partial charge in [0, 0.05) is 5.56 Å². The summed E-state index contributed by atoms with van der Waals surface area (Å²) < 4.78 is 34.1. The summed E-state index contributed by atoms with van der Waals surface area (Å²) in [4.78, 5) is 12.1. The minimum atomic E-state index is -3.68. The number of carbonyl (C=O) groups excluding carboxylic acids is 1. The lowest BCUT2D eigenvalue weighted by Gasteiger charge is -2.10. The van der Waals surface area contributed by atoms with Gasteiger partial charge in [0.2, 0.25) is 0 Å². The molecule has 4 nitrogen and oxygen atoms in total. The second kappa shape index (κ2) is 3.41. The summed E-state index contributed by atoms with van der Waals surface area (Å²) in [5.74, 6) is -0.489. The van der Waals surface area contributed by atoms with Crippen LogP contribution >= 0.6 is 0 Å². The zero-order chi connectivity index (χ0) is 13.0. The van der Waals surface area contributed by atoms with Gasteiger partial charge in [0.15, 0.2) is 17.3 Å². The number of aliphatic hydroxyl groups excluding tert-OH is 1. The SMILES string of the molecule is O=C(c1ccc2c(c1)OC(F)(F)O2)C1(CO)CC1. The second-order valence-corrected chi connectivity index (χ2v) is 4.60. The van der Waals surface area contributed by atoms with Crippen molar-refractivity contribution in [3.63, 3.8) is 0 Å². The Morgan fingerprint density at radius 2 is 1.94 bits per heavy atom. The third-order valence-electron chi connectivity index (χ3n) is 3.30. The van der Waals surface area contributed by atoms with Crippen LogP contribution < -0.4 is 9.47 Å². The van der Waals surface area contributed by atoms with Crippen LogP contribution in [0.25, 0.3) is 0 Å². The molecule has 1 saturated carbocycles. The summed E-state index contributed by atoms with van der Waals surface area (Å²) in [6.45, 7) is -0.226. The van der Waals surface area contributed by atoms with Crippen molar-refractivity contribution >= 4 is 5.78 Å². The summed E-state index contributed by atoms with van der Waals surface area (Å²) in [7, 11) is 0. The quantitative estimate of drug-likeness (QED) is 0.840. The molecule has 0 unspecified atom stereocenters. The van der Waals surface area contributed by atoms with E-state index in [1.165, 1.54) is 18.2 Å². The number of ether oxygens (including phenoxy) is 2. The molecule has 1 aliphatic heterocycles. The first-order chi connectivity index (χ1) is 8.46. The molecule has 1 heterocycles. The molecule has 0 radical (unpaired) electrons. The lowest BCUT2D eigenvalue weighted by Crippen LogP contribution is -2.26. The summed E-state index contributed by atoms with van der Waals surface area (Å²) in [5.41, 5.74) is -0.474. The first-order valence-corrected chi connectivity index (χ1v) is 5.51. The van der Waals surface area contributed by atoms with E-state index in [0.29, 0.717) is 12.8 Å². The van der Waals surface area contributed by atoms with Crippen molar-refractivity contribution in [1.82, 2.24) is 0 Å². The lowest BCUT2D eigenvalue weighted by atomic mass is 9.95. The molecule has 0 amide bonds. The van der Waals surface area contributed by atoms with Crippen LogP contribution in [-0.2, 0) is 0 Å². The van der Waals surface area contributed by atoms with Gasteiger partial charge in [0.05, 0.1) is 12.0 Å². The predicted molar refractivity (Wildman–Crippen MR) is 55.7 cm³/mol. The van der Waals surface area contributed by atoms with Gasteiger partial charge in [-0.15, -0.1) is 8.78 Å². The van der Waals surface area contributed by atoms with Crippen LogP contribution in [0.15, 0.2) is 18.2 Å². The van der Waals surface area contributed by atoms with Crippen LogP contribution in [0.2, 0.25) is 0 Å². The number of fused-ring (bicyclic) bond motifs is 1. The molecule has 18 heavy (non-hydrogen) atoms. The normalized spacial score (nSPS) is 21.7. The largest absolute Gasteiger partial charge is 0.586 e. The Hall–Kier alpha value is -1.69. The molecule has 0 aromatic heterocycles. The van der Waals surface area contributed by atoms with E-state index in [0.717, 1.165) is 0 Å². The Labute approximate surface area is 101 Å². The maximum atomic E-state index is 12.8. The van der Waals surface area contributed by atoms with E-state index in [1.54, 1.807) is 0 Å². The number of rotatable bonds is 3. The molecule has 0 bridgehead atoms. The fourth-order valence-corrected chi connectivity index (χ4v) is 2.00. The van der Waals surface area contributed by atoms with Gasteiger partial charge in [0.1, 0.15) is 0 Å². The molecule has 1 fully saturated rings. The highest BCUT2D eigenvalue weighted by molar-refractivity contribution is 6.02. The average molecular weight is 256 g/mol. The van der Waals surface area contributed by atoms with Crippen LogP contribution in [0.1, 0.15) is 23.2 Å². The molecule has 0 saturated heterocycles. The van der Waals surface area contributed by atoms with Gasteiger partial charge in [-0.1, -0.05) is 0 Å². The number of aliphatic hydroxyl groups is 1. The number of benzene rings is 1. The maximum Gasteiger partial charge on any atom is 0.586 e. The summed E-state index contributed by atoms with van der Waals surface area (Å²) in [6, 6.07) is 3.91. The molecule has 6 heteroatoms. The van der Waals surface area contributed by atoms with E-state index in [1.807, 2.05) is 0 Å². The highest BCUT2D eigenvalue weighted by Crippen LogP contribution is 2.49. The number of carbonyl (C=O) groups is 1. The van der Waals surface area contributed by atoms with Gasteiger partial charge in [-0.25, -0.2) is 0 Å². The molecule has 3 rings (SSSR count). The van der Waals surface area contributed by atoms with Crippen molar-refractivity contribution in [2.24, 2.45) is 5.41 Å². The third kappa shape index (κ3) is 1.64. The summed E-state index contributed by atoms with van der Waals surface area (Å²) in [5, 5.41) is 9.17. The fourth-order valence-electron chi connectivity index (χ4n) is 2.00. The number of ketones is 1. The monoisotopic (exact) mass is 256 g/mol. The molecule has 1 N–H and O–H groups in total. The molecular formula is C12H10F2O4. The summed E-state index contributed by atoms with van der Waals surface area (Å²) >= 11 is 0. The van der Waals surface area contributed by atoms with E-state index in [9.17, 15) is 13.6 Å². The van der Waals surface area contributed by atoms with E-state index in [2.05, 4.69) is 9.47 Å². The first kappa shape index (κ1) is 11.4. The number of Topliss-reactive ketones (excluding diaryl/α,β-unsaturated/α-hetero) is 1. The number of hydrogen-bond donors (Lipinski definition) is 1. The Morgan fingerprint density at radius 1 is 1.28 bits per heavy atom. The maximum absolute atomic E-state index is 12.8. The predicted octanol–water partition coefficient (Wildman–Crippen LogP) is 1.96. The third-order valence-corrected chi connectivity index (χ3v) is 3.30. The lowest BCUT2D eigenvalue weighted by molar-refractivity contribution is -0.286. The van der Waals surface area contributed by atoms with E-state index in [4.69, 9.17) is 5.11 Å². The summed E-state index contributed by atoms with van der Waals surface area (Å²) in [6.07, 6.45) is -2.45. The van der Waals surface area contributed by atoms with Gasteiger partial charge in [0.25, 0.3) is 0 Å². The Kier molecular flexibility index (Phi) is 2.16. The molecule has 0 spiro atoms. The number of alkyl halides is 2. The van der Waals surface area contributed by atoms with Gasteiger partial charge in [-0.3, -0.25) is 4.79 Å². The second-order valence-electron chi connectivity index (χ2n) is 4.60. The van der Waals surface area contributed by atoms with Crippen LogP contribution in [0.5, 0.6) is 11.5 Å². The number of hydrogen-bond acceptors (Lipinski definition) is 4. The zero-order valence-electron chi connectivity index (χ0n) is 9.28. The van der Waals surface area contributed by atoms with Crippen molar-refractivity contribution < 1.29 is 28.2 Å². The van der Waals surface area contributed by atoms with Crippen molar-refractivity contribution in [3.05, 3.63) is 23.8 Å². The molecular weight excluding hydrogens is 246 g/mol. The molecule has 96 valence electrons. The Balaban J connectivity index is 1.91. The van der Waals surface area contributed by atoms with E-state index < -0.39 is 11.7 Å². The van der Waals surface area contributed by atoms with Crippen molar-refractivity contribution in [1.29, 1.82) is 0 Å².